The van der Waals surface area contributed by atoms with Crippen molar-refractivity contribution >= 4 is 39.2 Å². The van der Waals surface area contributed by atoms with Crippen LogP contribution in [0.15, 0.2) is 15.9 Å². The third-order valence-electron chi connectivity index (χ3n) is 2.38. The second-order valence-corrected chi connectivity index (χ2v) is 5.97. The maximum atomic E-state index is 4.49. The van der Waals surface area contributed by atoms with Crippen LogP contribution in [-0.2, 0) is 0 Å². The van der Waals surface area contributed by atoms with Crippen molar-refractivity contribution in [1.29, 1.82) is 0 Å². The van der Waals surface area contributed by atoms with E-state index in [1.165, 1.54) is 0 Å². The van der Waals surface area contributed by atoms with Crippen molar-refractivity contribution in [2.24, 2.45) is 0 Å². The summed E-state index contributed by atoms with van der Waals surface area (Å²) in [6.07, 6.45) is 1.03. The Hall–Kier alpha value is -1.21. The van der Waals surface area contributed by atoms with Gasteiger partial charge in [0.2, 0.25) is 11.9 Å². The van der Waals surface area contributed by atoms with Crippen LogP contribution in [0, 0.1) is 0 Å². The molecule has 0 aliphatic heterocycles. The third-order valence-corrected chi connectivity index (χ3v) is 4.21. The fourth-order valence-electron chi connectivity index (χ4n) is 1.44. The zero-order valence-corrected chi connectivity index (χ0v) is 13.5. The standard InChI is InChI=1S/C12H16BrN5S/c1-4-6-14-11-15-10(9-8(13)5-7-19-9)16-12(17-11)18(2)3/h5,7H,4,6H2,1-3H3,(H,14,15,16,17). The minimum absolute atomic E-state index is 0.621. The van der Waals surface area contributed by atoms with Gasteiger partial charge in [0.1, 0.15) is 0 Å². The minimum atomic E-state index is 0.621. The normalized spacial score (nSPS) is 10.5. The van der Waals surface area contributed by atoms with Gasteiger partial charge in [0.25, 0.3) is 0 Å². The fraction of sp³-hybridized carbons (Fsp3) is 0.417. The molecule has 0 saturated heterocycles. The van der Waals surface area contributed by atoms with E-state index in [1.807, 2.05) is 30.4 Å². The van der Waals surface area contributed by atoms with Gasteiger partial charge in [-0.25, -0.2) is 0 Å². The maximum absolute atomic E-state index is 4.49. The molecule has 102 valence electrons. The molecule has 0 aliphatic rings. The van der Waals surface area contributed by atoms with E-state index >= 15 is 0 Å². The van der Waals surface area contributed by atoms with Crippen LogP contribution in [0.2, 0.25) is 0 Å². The second-order valence-electron chi connectivity index (χ2n) is 4.20. The number of nitrogens with zero attached hydrogens (tertiary/aromatic N) is 4. The van der Waals surface area contributed by atoms with E-state index in [-0.39, 0.29) is 0 Å². The quantitative estimate of drug-likeness (QED) is 0.904. The first-order valence-electron chi connectivity index (χ1n) is 6.02. The van der Waals surface area contributed by atoms with Gasteiger partial charge in [-0.05, 0) is 33.8 Å². The van der Waals surface area contributed by atoms with E-state index < -0.39 is 0 Å². The lowest BCUT2D eigenvalue weighted by atomic mass is 10.4. The molecule has 0 bridgehead atoms. The van der Waals surface area contributed by atoms with Crippen LogP contribution < -0.4 is 10.2 Å². The molecule has 2 rings (SSSR count). The lowest BCUT2D eigenvalue weighted by Gasteiger charge is -2.13. The Morgan fingerprint density at radius 3 is 2.68 bits per heavy atom. The lowest BCUT2D eigenvalue weighted by Crippen LogP contribution is -2.16. The molecule has 2 heterocycles. The van der Waals surface area contributed by atoms with Crippen LogP contribution in [0.25, 0.3) is 10.7 Å². The predicted octanol–water partition coefficient (Wildman–Crippen LogP) is 3.25. The van der Waals surface area contributed by atoms with Crippen molar-refractivity contribution in [3.63, 3.8) is 0 Å². The number of nitrogens with one attached hydrogen (secondary N) is 1. The first-order chi connectivity index (χ1) is 9.11. The summed E-state index contributed by atoms with van der Waals surface area (Å²) in [7, 11) is 3.85. The molecule has 0 radical (unpaired) electrons. The van der Waals surface area contributed by atoms with Crippen LogP contribution >= 0.6 is 27.3 Å². The van der Waals surface area contributed by atoms with Gasteiger partial charge in [-0.1, -0.05) is 6.92 Å². The molecule has 5 nitrogen and oxygen atoms in total. The molecule has 0 atom stereocenters. The van der Waals surface area contributed by atoms with Crippen LogP contribution in [-0.4, -0.2) is 35.6 Å². The first-order valence-corrected chi connectivity index (χ1v) is 7.69. The van der Waals surface area contributed by atoms with Crippen LogP contribution in [0.5, 0.6) is 0 Å². The Morgan fingerprint density at radius 1 is 1.32 bits per heavy atom. The minimum Gasteiger partial charge on any atom is -0.354 e. The zero-order valence-electron chi connectivity index (χ0n) is 11.1. The molecule has 7 heteroatoms. The van der Waals surface area contributed by atoms with Gasteiger partial charge in [-0.3, -0.25) is 0 Å². The van der Waals surface area contributed by atoms with E-state index in [9.17, 15) is 0 Å². The molecule has 0 aromatic carbocycles. The summed E-state index contributed by atoms with van der Waals surface area (Å²) in [5.74, 6) is 1.97. The average Bonchev–Trinajstić information content (AvgIpc) is 2.82. The summed E-state index contributed by atoms with van der Waals surface area (Å²) >= 11 is 5.13. The number of hydrogen-bond donors (Lipinski definition) is 1. The van der Waals surface area contributed by atoms with Crippen LogP contribution in [0.1, 0.15) is 13.3 Å². The monoisotopic (exact) mass is 341 g/mol. The third kappa shape index (κ3) is 3.42. The van der Waals surface area contributed by atoms with Crippen molar-refractivity contribution in [2.75, 3.05) is 30.9 Å². The van der Waals surface area contributed by atoms with Crippen molar-refractivity contribution < 1.29 is 0 Å². The zero-order chi connectivity index (χ0) is 13.8. The Morgan fingerprint density at radius 2 is 2.11 bits per heavy atom. The van der Waals surface area contributed by atoms with Crippen molar-refractivity contribution in [1.82, 2.24) is 15.0 Å². The van der Waals surface area contributed by atoms with Crippen molar-refractivity contribution in [3.05, 3.63) is 15.9 Å². The molecule has 0 amide bonds. The lowest BCUT2D eigenvalue weighted by molar-refractivity contribution is 0.920. The smallest absolute Gasteiger partial charge is 0.230 e. The summed E-state index contributed by atoms with van der Waals surface area (Å²) in [4.78, 5) is 16.3. The summed E-state index contributed by atoms with van der Waals surface area (Å²) in [5, 5.41) is 5.22. The topological polar surface area (TPSA) is 53.9 Å². The molecular weight excluding hydrogens is 326 g/mol. The van der Waals surface area contributed by atoms with Crippen molar-refractivity contribution in [3.8, 4) is 10.7 Å². The number of hydrogen-bond acceptors (Lipinski definition) is 6. The van der Waals surface area contributed by atoms with Gasteiger partial charge in [-0.2, -0.15) is 15.0 Å². The molecule has 0 unspecified atom stereocenters. The fourth-order valence-corrected chi connectivity index (χ4v) is 2.92. The SMILES string of the molecule is CCCNc1nc(-c2sccc2Br)nc(N(C)C)n1. The molecule has 0 aliphatic carbocycles. The maximum Gasteiger partial charge on any atom is 0.230 e. The Bertz CT molecular complexity index is 555. The van der Waals surface area contributed by atoms with Crippen molar-refractivity contribution in [2.45, 2.75) is 13.3 Å². The molecule has 0 spiro atoms. The number of thiophene rings is 1. The van der Waals surface area contributed by atoms with E-state index in [4.69, 9.17) is 0 Å². The molecule has 0 fully saturated rings. The van der Waals surface area contributed by atoms with Crippen LogP contribution in [0.3, 0.4) is 0 Å². The van der Waals surface area contributed by atoms with Gasteiger partial charge in [-0.15, -0.1) is 11.3 Å². The summed E-state index contributed by atoms with van der Waals surface area (Å²) in [6, 6.07) is 2.00. The largest absolute Gasteiger partial charge is 0.354 e. The van der Waals surface area contributed by atoms with Gasteiger partial charge in [0.15, 0.2) is 5.82 Å². The Labute approximate surface area is 125 Å². The highest BCUT2D eigenvalue weighted by atomic mass is 79.9. The van der Waals surface area contributed by atoms with Crippen LogP contribution in [0.4, 0.5) is 11.9 Å². The number of anilines is 2. The molecule has 2 aromatic rings. The Balaban J connectivity index is 2.42. The molecule has 2 aromatic heterocycles. The molecule has 0 saturated carbocycles. The first kappa shape index (κ1) is 14.2. The number of halogens is 1. The molecule has 1 N–H and O–H groups in total. The highest BCUT2D eigenvalue weighted by molar-refractivity contribution is 9.10. The highest BCUT2D eigenvalue weighted by Gasteiger charge is 2.13. The van der Waals surface area contributed by atoms with E-state index in [2.05, 4.69) is 43.1 Å². The summed E-state index contributed by atoms with van der Waals surface area (Å²) in [5.41, 5.74) is 0. The average molecular weight is 342 g/mol. The molecular formula is C12H16BrN5S. The van der Waals surface area contributed by atoms with Gasteiger partial charge in [0, 0.05) is 25.1 Å². The van der Waals surface area contributed by atoms with Gasteiger partial charge >= 0.3 is 0 Å². The van der Waals surface area contributed by atoms with Gasteiger partial charge in [0.05, 0.1) is 4.88 Å². The van der Waals surface area contributed by atoms with E-state index in [0.717, 1.165) is 22.3 Å². The number of rotatable bonds is 5. The second kappa shape index (κ2) is 6.29. The Kier molecular flexibility index (Phi) is 4.71. The summed E-state index contributed by atoms with van der Waals surface area (Å²) < 4.78 is 1.01. The van der Waals surface area contributed by atoms with Gasteiger partial charge < -0.3 is 10.2 Å². The van der Waals surface area contributed by atoms with E-state index in [1.54, 1.807) is 11.3 Å². The number of aromatic nitrogens is 3. The highest BCUT2D eigenvalue weighted by Crippen LogP contribution is 2.32. The summed E-state index contributed by atoms with van der Waals surface area (Å²) in [6.45, 7) is 2.96. The molecule has 19 heavy (non-hydrogen) atoms. The van der Waals surface area contributed by atoms with E-state index in [0.29, 0.717) is 17.7 Å². The predicted molar refractivity (Wildman–Crippen MR) is 83.9 cm³/mol.